The zero-order valence-corrected chi connectivity index (χ0v) is 13.3. The third-order valence-electron chi connectivity index (χ3n) is 3.64. The van der Waals surface area contributed by atoms with E-state index in [-0.39, 0.29) is 0 Å². The van der Waals surface area contributed by atoms with Crippen molar-refractivity contribution in [2.75, 3.05) is 20.8 Å². The second-order valence-electron chi connectivity index (χ2n) is 5.22. The normalized spacial score (nSPS) is 12.0. The van der Waals surface area contributed by atoms with E-state index in [2.05, 4.69) is 11.4 Å². The van der Waals surface area contributed by atoms with Crippen LogP contribution in [0.2, 0.25) is 0 Å². The molecule has 4 heteroatoms. The van der Waals surface area contributed by atoms with E-state index in [1.54, 1.807) is 14.2 Å². The molecule has 2 rings (SSSR count). The molecule has 1 atom stereocenters. The van der Waals surface area contributed by atoms with E-state index >= 15 is 0 Å². The van der Waals surface area contributed by atoms with Crippen LogP contribution < -0.4 is 14.8 Å². The molecule has 0 saturated carbocycles. The van der Waals surface area contributed by atoms with Crippen LogP contribution in [-0.4, -0.2) is 25.9 Å². The van der Waals surface area contributed by atoms with Crippen LogP contribution in [0.15, 0.2) is 42.5 Å². The molecule has 2 aromatic carbocycles. The quantitative estimate of drug-likeness (QED) is 0.825. The van der Waals surface area contributed by atoms with E-state index in [0.29, 0.717) is 13.1 Å². The Morgan fingerprint density at radius 2 is 1.77 bits per heavy atom. The molecule has 0 fully saturated rings. The largest absolute Gasteiger partial charge is 0.497 e. The molecule has 0 aromatic heterocycles. The number of hydrogen-bond acceptors (Lipinski definition) is 4. The van der Waals surface area contributed by atoms with E-state index in [1.165, 1.54) is 0 Å². The minimum absolute atomic E-state index is 0.489. The van der Waals surface area contributed by atoms with Gasteiger partial charge in [-0.25, -0.2) is 0 Å². The highest BCUT2D eigenvalue weighted by Crippen LogP contribution is 2.19. The number of rotatable bonds is 7. The Balaban J connectivity index is 1.87. The molecule has 0 radical (unpaired) electrons. The maximum atomic E-state index is 10.2. The van der Waals surface area contributed by atoms with Crippen molar-refractivity contribution in [1.29, 1.82) is 0 Å². The minimum atomic E-state index is -0.543. The Hall–Kier alpha value is -2.04. The van der Waals surface area contributed by atoms with E-state index < -0.39 is 6.10 Å². The number of nitrogens with one attached hydrogen (secondary N) is 1. The van der Waals surface area contributed by atoms with Gasteiger partial charge in [-0.15, -0.1) is 0 Å². The Kier molecular flexibility index (Phi) is 5.81. The van der Waals surface area contributed by atoms with Gasteiger partial charge in [0, 0.05) is 13.1 Å². The van der Waals surface area contributed by atoms with Gasteiger partial charge < -0.3 is 19.9 Å². The molecular formula is C18H23NO3. The summed E-state index contributed by atoms with van der Waals surface area (Å²) in [6, 6.07) is 13.6. The maximum absolute atomic E-state index is 10.2. The summed E-state index contributed by atoms with van der Waals surface area (Å²) >= 11 is 0. The van der Waals surface area contributed by atoms with Crippen molar-refractivity contribution < 1.29 is 14.6 Å². The van der Waals surface area contributed by atoms with Gasteiger partial charge >= 0.3 is 0 Å². The van der Waals surface area contributed by atoms with Gasteiger partial charge in [-0.3, -0.25) is 0 Å². The van der Waals surface area contributed by atoms with Crippen LogP contribution >= 0.6 is 0 Å². The molecule has 0 aliphatic rings. The summed E-state index contributed by atoms with van der Waals surface area (Å²) in [4.78, 5) is 0. The van der Waals surface area contributed by atoms with Gasteiger partial charge in [-0.2, -0.15) is 0 Å². The molecule has 1 unspecified atom stereocenters. The van der Waals surface area contributed by atoms with Crippen LogP contribution in [0.5, 0.6) is 11.5 Å². The standard InChI is InChI=1S/C18H23NO3/c1-13-4-5-14(10-18(13)22-3)11-19-12-17(20)15-6-8-16(21-2)9-7-15/h4-10,17,19-20H,11-12H2,1-3H3. The van der Waals surface area contributed by atoms with Crippen molar-refractivity contribution in [3.05, 3.63) is 59.2 Å². The summed E-state index contributed by atoms with van der Waals surface area (Å²) in [7, 11) is 3.30. The first-order chi connectivity index (χ1) is 10.6. The summed E-state index contributed by atoms with van der Waals surface area (Å²) in [6.45, 7) is 3.19. The number of aliphatic hydroxyl groups excluding tert-OH is 1. The highest BCUT2D eigenvalue weighted by molar-refractivity contribution is 5.36. The summed E-state index contributed by atoms with van der Waals surface area (Å²) in [5, 5.41) is 13.4. The average Bonchev–Trinajstić information content (AvgIpc) is 2.56. The number of aliphatic hydroxyl groups is 1. The van der Waals surface area contributed by atoms with Gasteiger partial charge in [-0.1, -0.05) is 24.3 Å². The number of hydrogen-bond donors (Lipinski definition) is 2. The van der Waals surface area contributed by atoms with Crippen LogP contribution in [-0.2, 0) is 6.54 Å². The first kappa shape index (κ1) is 16.3. The minimum Gasteiger partial charge on any atom is -0.497 e. The molecule has 0 heterocycles. The first-order valence-electron chi connectivity index (χ1n) is 7.30. The third-order valence-corrected chi connectivity index (χ3v) is 3.64. The lowest BCUT2D eigenvalue weighted by molar-refractivity contribution is 0.174. The molecule has 0 bridgehead atoms. The fourth-order valence-electron chi connectivity index (χ4n) is 2.27. The zero-order chi connectivity index (χ0) is 15.9. The van der Waals surface area contributed by atoms with Gasteiger partial charge in [0.25, 0.3) is 0 Å². The van der Waals surface area contributed by atoms with Crippen molar-refractivity contribution in [2.45, 2.75) is 19.6 Å². The second-order valence-corrected chi connectivity index (χ2v) is 5.22. The monoisotopic (exact) mass is 301 g/mol. The van der Waals surface area contributed by atoms with Crippen LogP contribution in [0, 0.1) is 6.92 Å². The number of ether oxygens (including phenoxy) is 2. The fraction of sp³-hybridized carbons (Fsp3) is 0.333. The van der Waals surface area contributed by atoms with Crippen molar-refractivity contribution in [1.82, 2.24) is 5.32 Å². The van der Waals surface area contributed by atoms with Crippen molar-refractivity contribution >= 4 is 0 Å². The Labute approximate surface area is 131 Å². The molecule has 0 aliphatic heterocycles. The van der Waals surface area contributed by atoms with Gasteiger partial charge in [0.1, 0.15) is 11.5 Å². The van der Waals surface area contributed by atoms with E-state index in [0.717, 1.165) is 28.2 Å². The van der Waals surface area contributed by atoms with Crippen LogP contribution in [0.4, 0.5) is 0 Å². The van der Waals surface area contributed by atoms with Crippen LogP contribution in [0.3, 0.4) is 0 Å². The van der Waals surface area contributed by atoms with Crippen LogP contribution in [0.25, 0.3) is 0 Å². The lowest BCUT2D eigenvalue weighted by Crippen LogP contribution is -2.21. The van der Waals surface area contributed by atoms with Gasteiger partial charge in [0.15, 0.2) is 0 Å². The van der Waals surface area contributed by atoms with Gasteiger partial charge in [0.05, 0.1) is 20.3 Å². The SMILES string of the molecule is COc1ccc(C(O)CNCc2ccc(C)c(OC)c2)cc1. The smallest absolute Gasteiger partial charge is 0.122 e. The molecule has 2 aromatic rings. The summed E-state index contributed by atoms with van der Waals surface area (Å²) in [5.74, 6) is 1.67. The number of methoxy groups -OCH3 is 2. The summed E-state index contributed by atoms with van der Waals surface area (Å²) < 4.78 is 10.4. The van der Waals surface area contributed by atoms with E-state index in [9.17, 15) is 5.11 Å². The molecule has 0 saturated heterocycles. The number of benzene rings is 2. The highest BCUT2D eigenvalue weighted by atomic mass is 16.5. The van der Waals surface area contributed by atoms with Crippen LogP contribution in [0.1, 0.15) is 22.8 Å². The molecular weight excluding hydrogens is 278 g/mol. The molecule has 22 heavy (non-hydrogen) atoms. The topological polar surface area (TPSA) is 50.7 Å². The number of aryl methyl sites for hydroxylation is 1. The molecule has 4 nitrogen and oxygen atoms in total. The molecule has 2 N–H and O–H groups in total. The Morgan fingerprint density at radius 1 is 1.05 bits per heavy atom. The predicted octanol–water partition coefficient (Wildman–Crippen LogP) is 2.84. The second kappa shape index (κ2) is 7.82. The summed E-state index contributed by atoms with van der Waals surface area (Å²) in [5.41, 5.74) is 3.11. The van der Waals surface area contributed by atoms with Gasteiger partial charge in [0.2, 0.25) is 0 Å². The molecule has 0 amide bonds. The van der Waals surface area contributed by atoms with Crippen molar-refractivity contribution in [3.63, 3.8) is 0 Å². The van der Waals surface area contributed by atoms with Crippen molar-refractivity contribution in [2.24, 2.45) is 0 Å². The Morgan fingerprint density at radius 3 is 2.41 bits per heavy atom. The molecule has 0 aliphatic carbocycles. The zero-order valence-electron chi connectivity index (χ0n) is 13.3. The lowest BCUT2D eigenvalue weighted by Gasteiger charge is -2.13. The van der Waals surface area contributed by atoms with E-state index in [4.69, 9.17) is 9.47 Å². The predicted molar refractivity (Wildman–Crippen MR) is 87.4 cm³/mol. The third kappa shape index (κ3) is 4.23. The Bertz CT molecular complexity index is 596. The molecule has 118 valence electrons. The van der Waals surface area contributed by atoms with E-state index in [1.807, 2.05) is 43.3 Å². The van der Waals surface area contributed by atoms with Gasteiger partial charge in [-0.05, 0) is 41.8 Å². The maximum Gasteiger partial charge on any atom is 0.122 e. The summed E-state index contributed by atoms with van der Waals surface area (Å²) in [6.07, 6.45) is -0.543. The highest BCUT2D eigenvalue weighted by Gasteiger charge is 2.07. The average molecular weight is 301 g/mol. The first-order valence-corrected chi connectivity index (χ1v) is 7.30. The fourth-order valence-corrected chi connectivity index (χ4v) is 2.27. The lowest BCUT2D eigenvalue weighted by atomic mass is 10.1. The van der Waals surface area contributed by atoms with Crippen molar-refractivity contribution in [3.8, 4) is 11.5 Å². The molecule has 0 spiro atoms.